The molecule has 2 nitrogen and oxygen atoms in total. The molecule has 0 heterocycles. The van der Waals surface area contributed by atoms with Crippen molar-refractivity contribution in [1.29, 1.82) is 0 Å². The van der Waals surface area contributed by atoms with Gasteiger partial charge in [-0.05, 0) is 51.4 Å². The van der Waals surface area contributed by atoms with Crippen LogP contribution in [0, 0.1) is 0 Å². The summed E-state index contributed by atoms with van der Waals surface area (Å²) in [7, 11) is 0. The SMILES string of the molecule is CCCCCC=CCC=CCC=CCCCCCOC(C)=O. The van der Waals surface area contributed by atoms with Crippen molar-refractivity contribution in [2.75, 3.05) is 6.61 Å². The van der Waals surface area contributed by atoms with E-state index in [1.54, 1.807) is 0 Å². The monoisotopic (exact) mass is 306 g/mol. The van der Waals surface area contributed by atoms with Gasteiger partial charge in [0.1, 0.15) is 0 Å². The van der Waals surface area contributed by atoms with Crippen molar-refractivity contribution < 1.29 is 9.53 Å². The maximum absolute atomic E-state index is 10.6. The highest BCUT2D eigenvalue weighted by molar-refractivity contribution is 5.65. The molecule has 0 N–H and O–H groups in total. The fraction of sp³-hybridized carbons (Fsp3) is 0.650. The van der Waals surface area contributed by atoms with E-state index in [0.717, 1.165) is 32.1 Å². The number of esters is 1. The van der Waals surface area contributed by atoms with E-state index in [1.807, 2.05) is 0 Å². The molecule has 0 rings (SSSR count). The van der Waals surface area contributed by atoms with E-state index in [-0.39, 0.29) is 5.97 Å². The number of unbranched alkanes of at least 4 members (excludes halogenated alkanes) is 6. The lowest BCUT2D eigenvalue weighted by Gasteiger charge is -2.00. The first kappa shape index (κ1) is 20.7. The van der Waals surface area contributed by atoms with Crippen LogP contribution in [0.4, 0.5) is 0 Å². The van der Waals surface area contributed by atoms with E-state index in [0.29, 0.717) is 6.61 Å². The van der Waals surface area contributed by atoms with Gasteiger partial charge in [0.15, 0.2) is 0 Å². The molecule has 0 aromatic rings. The maximum Gasteiger partial charge on any atom is 0.302 e. The summed E-state index contributed by atoms with van der Waals surface area (Å²) in [6.07, 6.45) is 25.1. The fourth-order valence-electron chi connectivity index (χ4n) is 2.05. The zero-order valence-corrected chi connectivity index (χ0v) is 14.6. The summed E-state index contributed by atoms with van der Waals surface area (Å²) in [5.41, 5.74) is 0. The minimum atomic E-state index is -0.178. The van der Waals surface area contributed by atoms with Crippen LogP contribution in [0.25, 0.3) is 0 Å². The van der Waals surface area contributed by atoms with Gasteiger partial charge in [-0.1, -0.05) is 56.2 Å². The largest absolute Gasteiger partial charge is 0.466 e. The minimum absolute atomic E-state index is 0.178. The second kappa shape index (κ2) is 17.7. The summed E-state index contributed by atoms with van der Waals surface area (Å²) in [5.74, 6) is -0.178. The van der Waals surface area contributed by atoms with Crippen LogP contribution in [-0.4, -0.2) is 12.6 Å². The summed E-state index contributed by atoms with van der Waals surface area (Å²) in [4.78, 5) is 10.6. The molecule has 0 spiro atoms. The summed E-state index contributed by atoms with van der Waals surface area (Å²) >= 11 is 0. The normalized spacial score (nSPS) is 11.9. The zero-order valence-electron chi connectivity index (χ0n) is 14.6. The molecule has 0 bridgehead atoms. The molecule has 0 aromatic heterocycles. The van der Waals surface area contributed by atoms with Crippen LogP contribution in [-0.2, 0) is 9.53 Å². The van der Waals surface area contributed by atoms with E-state index < -0.39 is 0 Å². The van der Waals surface area contributed by atoms with Crippen molar-refractivity contribution in [3.8, 4) is 0 Å². The molecular formula is C20H34O2. The van der Waals surface area contributed by atoms with E-state index in [4.69, 9.17) is 4.74 Å². The summed E-state index contributed by atoms with van der Waals surface area (Å²) in [6, 6.07) is 0. The Morgan fingerprint density at radius 1 is 0.773 bits per heavy atom. The number of hydrogen-bond donors (Lipinski definition) is 0. The third-order valence-electron chi connectivity index (χ3n) is 3.34. The van der Waals surface area contributed by atoms with Crippen molar-refractivity contribution >= 4 is 5.97 Å². The van der Waals surface area contributed by atoms with Crippen LogP contribution in [0.15, 0.2) is 36.5 Å². The highest BCUT2D eigenvalue weighted by Crippen LogP contribution is 2.03. The summed E-state index contributed by atoms with van der Waals surface area (Å²) in [5, 5.41) is 0. The standard InChI is InChI=1S/C20H34O2/c1-3-4-5-6-7-8-9-10-11-12-13-14-15-16-17-18-19-22-20(2)21/h7-8,10-11,13-14H,3-6,9,12,15-19H2,1-2H3. The van der Waals surface area contributed by atoms with Crippen molar-refractivity contribution in [1.82, 2.24) is 0 Å². The topological polar surface area (TPSA) is 26.3 Å². The lowest BCUT2D eigenvalue weighted by atomic mass is 10.2. The van der Waals surface area contributed by atoms with E-state index in [1.165, 1.54) is 39.0 Å². The van der Waals surface area contributed by atoms with Gasteiger partial charge in [0, 0.05) is 6.92 Å². The zero-order chi connectivity index (χ0) is 16.3. The van der Waals surface area contributed by atoms with Gasteiger partial charge >= 0.3 is 5.97 Å². The molecule has 0 unspecified atom stereocenters. The number of allylic oxidation sites excluding steroid dienone is 6. The summed E-state index contributed by atoms with van der Waals surface area (Å²) < 4.78 is 4.89. The van der Waals surface area contributed by atoms with Gasteiger partial charge in [-0.15, -0.1) is 0 Å². The Balaban J connectivity index is 3.29. The van der Waals surface area contributed by atoms with Gasteiger partial charge in [-0.25, -0.2) is 0 Å². The molecule has 0 atom stereocenters. The first-order chi connectivity index (χ1) is 10.8. The van der Waals surface area contributed by atoms with Crippen LogP contribution >= 0.6 is 0 Å². The third-order valence-corrected chi connectivity index (χ3v) is 3.34. The lowest BCUT2D eigenvalue weighted by molar-refractivity contribution is -0.141. The van der Waals surface area contributed by atoms with Gasteiger partial charge in [0.2, 0.25) is 0 Å². The Morgan fingerprint density at radius 2 is 1.32 bits per heavy atom. The second-order valence-electron chi connectivity index (χ2n) is 5.57. The van der Waals surface area contributed by atoms with Crippen LogP contribution in [0.1, 0.15) is 78.1 Å². The fourth-order valence-corrected chi connectivity index (χ4v) is 2.05. The predicted molar refractivity (Wildman–Crippen MR) is 95.9 cm³/mol. The van der Waals surface area contributed by atoms with Crippen LogP contribution in [0.3, 0.4) is 0 Å². The van der Waals surface area contributed by atoms with Crippen LogP contribution < -0.4 is 0 Å². The average molecular weight is 306 g/mol. The molecule has 0 aliphatic heterocycles. The van der Waals surface area contributed by atoms with Crippen LogP contribution in [0.2, 0.25) is 0 Å². The Kier molecular flexibility index (Phi) is 16.7. The molecule has 0 aromatic carbocycles. The lowest BCUT2D eigenvalue weighted by Crippen LogP contribution is -1.99. The van der Waals surface area contributed by atoms with Crippen LogP contribution in [0.5, 0.6) is 0 Å². The van der Waals surface area contributed by atoms with E-state index in [9.17, 15) is 4.79 Å². The highest BCUT2D eigenvalue weighted by Gasteiger charge is 1.92. The summed E-state index contributed by atoms with van der Waals surface area (Å²) in [6.45, 7) is 4.26. The van der Waals surface area contributed by atoms with Gasteiger partial charge in [-0.2, -0.15) is 0 Å². The minimum Gasteiger partial charge on any atom is -0.466 e. The van der Waals surface area contributed by atoms with Gasteiger partial charge in [0.25, 0.3) is 0 Å². The van der Waals surface area contributed by atoms with Crippen molar-refractivity contribution in [3.05, 3.63) is 36.5 Å². The van der Waals surface area contributed by atoms with Gasteiger partial charge < -0.3 is 4.74 Å². The number of carbonyl (C=O) groups excluding carboxylic acids is 1. The molecule has 0 saturated carbocycles. The third kappa shape index (κ3) is 18.7. The van der Waals surface area contributed by atoms with Crippen molar-refractivity contribution in [2.45, 2.75) is 78.1 Å². The van der Waals surface area contributed by atoms with E-state index in [2.05, 4.69) is 43.4 Å². The molecule has 0 aliphatic carbocycles. The quantitative estimate of drug-likeness (QED) is 0.219. The molecule has 0 radical (unpaired) electrons. The van der Waals surface area contributed by atoms with Gasteiger partial charge in [0.05, 0.1) is 6.61 Å². The Morgan fingerprint density at radius 3 is 1.86 bits per heavy atom. The molecule has 0 saturated heterocycles. The van der Waals surface area contributed by atoms with Crippen molar-refractivity contribution in [3.63, 3.8) is 0 Å². The number of rotatable bonds is 14. The number of carbonyl (C=O) groups is 1. The molecule has 0 fully saturated rings. The molecule has 0 amide bonds. The molecule has 126 valence electrons. The first-order valence-electron chi connectivity index (χ1n) is 8.85. The number of ether oxygens (including phenoxy) is 1. The van der Waals surface area contributed by atoms with E-state index >= 15 is 0 Å². The molecule has 0 aliphatic rings. The smallest absolute Gasteiger partial charge is 0.302 e. The maximum atomic E-state index is 10.6. The Hall–Kier alpha value is -1.31. The van der Waals surface area contributed by atoms with Crippen molar-refractivity contribution in [2.24, 2.45) is 0 Å². The Bertz CT molecular complexity index is 327. The predicted octanol–water partition coefficient (Wildman–Crippen LogP) is 6.14. The molecule has 22 heavy (non-hydrogen) atoms. The van der Waals surface area contributed by atoms with Gasteiger partial charge in [-0.3, -0.25) is 4.79 Å². The Labute approximate surface area is 137 Å². The number of hydrogen-bond acceptors (Lipinski definition) is 2. The average Bonchev–Trinajstić information content (AvgIpc) is 2.50. The highest BCUT2D eigenvalue weighted by atomic mass is 16.5. The second-order valence-corrected chi connectivity index (χ2v) is 5.57. The first-order valence-corrected chi connectivity index (χ1v) is 8.85. The molecule has 2 heteroatoms. The molecular weight excluding hydrogens is 272 g/mol.